The Morgan fingerprint density at radius 3 is 2.23 bits per heavy atom. The van der Waals surface area contributed by atoms with Crippen molar-refractivity contribution in [3.05, 3.63) is 99.9 Å². The van der Waals surface area contributed by atoms with Crippen LogP contribution in [0.2, 0.25) is 0 Å². The molecule has 1 fully saturated rings. The number of anilines is 1. The van der Waals surface area contributed by atoms with Crippen LogP contribution in [0.15, 0.2) is 72.9 Å². The molecular formula is C23H16N3O4+. The molecule has 7 rings (SSSR count). The molecule has 7 nitrogen and oxygen atoms in total. The van der Waals surface area contributed by atoms with E-state index >= 15 is 0 Å². The van der Waals surface area contributed by atoms with Crippen molar-refractivity contribution in [3.8, 4) is 0 Å². The van der Waals surface area contributed by atoms with Crippen molar-refractivity contribution in [2.45, 2.75) is 12.0 Å². The molecule has 1 aliphatic carbocycles. The summed E-state index contributed by atoms with van der Waals surface area (Å²) in [5.41, 5.74) is 3.52. The smallest absolute Gasteiger partial charge is 0.269 e. The zero-order chi connectivity index (χ0) is 20.6. The summed E-state index contributed by atoms with van der Waals surface area (Å²) in [6.45, 7) is 0. The maximum Gasteiger partial charge on any atom is 0.269 e. The third-order valence-electron chi connectivity index (χ3n) is 6.61. The van der Waals surface area contributed by atoms with E-state index < -0.39 is 16.8 Å². The molecule has 146 valence electrons. The van der Waals surface area contributed by atoms with Crippen LogP contribution in [0.5, 0.6) is 0 Å². The quantitative estimate of drug-likeness (QED) is 0.288. The van der Waals surface area contributed by atoms with Gasteiger partial charge in [0.15, 0.2) is 17.9 Å². The van der Waals surface area contributed by atoms with Crippen LogP contribution in [0.3, 0.4) is 0 Å². The van der Waals surface area contributed by atoms with Gasteiger partial charge in [-0.05, 0) is 17.7 Å². The van der Waals surface area contributed by atoms with Gasteiger partial charge in [-0.15, -0.1) is 0 Å². The predicted octanol–water partition coefficient (Wildman–Crippen LogP) is 2.74. The second-order valence-electron chi connectivity index (χ2n) is 7.92. The molecule has 0 unspecified atom stereocenters. The number of aromatic nitrogens is 1. The normalized spacial score (nSPS) is 25.7. The minimum absolute atomic E-state index is 0.0781. The summed E-state index contributed by atoms with van der Waals surface area (Å²) in [5, 5.41) is 11.0. The summed E-state index contributed by atoms with van der Waals surface area (Å²) in [4.78, 5) is 38.8. The van der Waals surface area contributed by atoms with Crippen LogP contribution >= 0.6 is 0 Å². The van der Waals surface area contributed by atoms with Crippen LogP contribution in [-0.2, 0) is 9.59 Å². The lowest BCUT2D eigenvalue weighted by Crippen LogP contribution is -2.59. The SMILES string of the molecule is O=C1[C@@H]2[C@H]3c4ccccc4[C@H]([C@H]2C(=O)N1c1ccc([N+](=O)[O-])cc1)[n+]1ccccc13. The fraction of sp³-hybridized carbons (Fsp3) is 0.174. The van der Waals surface area contributed by atoms with Gasteiger partial charge >= 0.3 is 0 Å². The van der Waals surface area contributed by atoms with Crippen LogP contribution < -0.4 is 9.47 Å². The highest BCUT2D eigenvalue weighted by atomic mass is 16.6. The number of rotatable bonds is 2. The molecular weight excluding hydrogens is 382 g/mol. The number of hydrogen-bond donors (Lipinski definition) is 0. The molecule has 2 bridgehead atoms. The van der Waals surface area contributed by atoms with E-state index in [9.17, 15) is 19.7 Å². The second kappa shape index (κ2) is 5.82. The Hall–Kier alpha value is -3.87. The third-order valence-corrected chi connectivity index (χ3v) is 6.61. The molecule has 1 aromatic heterocycles. The van der Waals surface area contributed by atoms with Crippen molar-refractivity contribution < 1.29 is 19.1 Å². The van der Waals surface area contributed by atoms with Gasteiger partial charge in [-0.1, -0.05) is 30.3 Å². The van der Waals surface area contributed by atoms with Gasteiger partial charge in [-0.3, -0.25) is 19.7 Å². The van der Waals surface area contributed by atoms with Crippen LogP contribution in [0.4, 0.5) is 11.4 Å². The lowest BCUT2D eigenvalue weighted by atomic mass is 9.63. The summed E-state index contributed by atoms with van der Waals surface area (Å²) in [5.74, 6) is -1.65. The molecule has 7 heteroatoms. The van der Waals surface area contributed by atoms with Crippen LogP contribution in [0.1, 0.15) is 28.8 Å². The summed E-state index contributed by atoms with van der Waals surface area (Å²) in [6.07, 6.45) is 1.98. The van der Waals surface area contributed by atoms with Gasteiger partial charge in [-0.2, -0.15) is 4.57 Å². The highest BCUT2D eigenvalue weighted by Crippen LogP contribution is 2.55. The lowest BCUT2D eigenvalue weighted by molar-refractivity contribution is -0.736. The van der Waals surface area contributed by atoms with Crippen molar-refractivity contribution in [2.75, 3.05) is 4.90 Å². The summed E-state index contributed by atoms with van der Waals surface area (Å²) in [6, 6.07) is 19.3. The van der Waals surface area contributed by atoms with Crippen molar-refractivity contribution >= 4 is 23.2 Å². The number of carbonyl (C=O) groups is 2. The summed E-state index contributed by atoms with van der Waals surface area (Å²) >= 11 is 0. The molecule has 4 aliphatic rings. The highest BCUT2D eigenvalue weighted by Gasteiger charge is 2.66. The number of imide groups is 1. The van der Waals surface area contributed by atoms with E-state index in [1.807, 2.05) is 48.7 Å². The van der Waals surface area contributed by atoms with Gasteiger partial charge < -0.3 is 0 Å². The molecule has 3 aliphatic heterocycles. The number of hydrogen-bond acceptors (Lipinski definition) is 4. The number of nitro groups is 1. The van der Waals surface area contributed by atoms with Gasteiger partial charge in [0.1, 0.15) is 5.92 Å². The van der Waals surface area contributed by atoms with E-state index in [1.165, 1.54) is 29.2 Å². The summed E-state index contributed by atoms with van der Waals surface area (Å²) in [7, 11) is 0. The molecule has 2 aromatic carbocycles. The van der Waals surface area contributed by atoms with E-state index in [0.717, 1.165) is 16.8 Å². The maximum absolute atomic E-state index is 13.5. The molecule has 2 amide bonds. The van der Waals surface area contributed by atoms with Gasteiger partial charge in [-0.25, -0.2) is 4.90 Å². The predicted molar refractivity (Wildman–Crippen MR) is 106 cm³/mol. The van der Waals surface area contributed by atoms with E-state index in [1.54, 1.807) is 0 Å². The molecule has 0 saturated carbocycles. The zero-order valence-electron chi connectivity index (χ0n) is 15.7. The number of non-ortho nitro benzene ring substituents is 1. The first-order valence-electron chi connectivity index (χ1n) is 9.79. The molecule has 0 N–H and O–H groups in total. The number of benzene rings is 2. The van der Waals surface area contributed by atoms with Crippen molar-refractivity contribution in [1.29, 1.82) is 0 Å². The van der Waals surface area contributed by atoms with E-state index in [4.69, 9.17) is 0 Å². The first-order valence-corrected chi connectivity index (χ1v) is 9.79. The average Bonchev–Trinajstić information content (AvgIpc) is 3.04. The van der Waals surface area contributed by atoms with E-state index in [2.05, 4.69) is 4.57 Å². The number of pyridine rings is 1. The largest absolute Gasteiger partial charge is 0.274 e. The Bertz CT molecular complexity index is 1140. The monoisotopic (exact) mass is 398 g/mol. The summed E-state index contributed by atoms with van der Waals surface area (Å²) < 4.78 is 2.12. The van der Waals surface area contributed by atoms with E-state index in [-0.39, 0.29) is 29.5 Å². The number of amides is 2. The molecule has 0 spiro atoms. The van der Waals surface area contributed by atoms with Crippen LogP contribution in [0, 0.1) is 22.0 Å². The second-order valence-corrected chi connectivity index (χ2v) is 7.92. The molecule has 30 heavy (non-hydrogen) atoms. The Morgan fingerprint density at radius 1 is 0.833 bits per heavy atom. The minimum Gasteiger partial charge on any atom is -0.274 e. The maximum atomic E-state index is 13.5. The Balaban J connectivity index is 1.51. The lowest BCUT2D eigenvalue weighted by Gasteiger charge is -2.40. The molecule has 3 aromatic rings. The van der Waals surface area contributed by atoms with Gasteiger partial charge in [0.25, 0.3) is 5.69 Å². The van der Waals surface area contributed by atoms with Gasteiger partial charge in [0.05, 0.1) is 22.4 Å². The van der Waals surface area contributed by atoms with Crippen molar-refractivity contribution in [1.82, 2.24) is 0 Å². The molecule has 4 heterocycles. The zero-order valence-corrected chi connectivity index (χ0v) is 15.7. The fourth-order valence-electron chi connectivity index (χ4n) is 5.48. The Kier molecular flexibility index (Phi) is 3.30. The van der Waals surface area contributed by atoms with Crippen molar-refractivity contribution in [3.63, 3.8) is 0 Å². The molecule has 0 radical (unpaired) electrons. The van der Waals surface area contributed by atoms with E-state index in [0.29, 0.717) is 5.69 Å². The Labute approximate surface area is 171 Å². The van der Waals surface area contributed by atoms with Crippen LogP contribution in [0.25, 0.3) is 0 Å². The first-order chi connectivity index (χ1) is 14.6. The fourth-order valence-corrected chi connectivity index (χ4v) is 5.48. The Morgan fingerprint density at radius 2 is 1.50 bits per heavy atom. The molecule has 1 saturated heterocycles. The van der Waals surface area contributed by atoms with Crippen LogP contribution in [-0.4, -0.2) is 16.7 Å². The topological polar surface area (TPSA) is 84.4 Å². The highest BCUT2D eigenvalue weighted by molar-refractivity contribution is 6.23. The van der Waals surface area contributed by atoms with Gasteiger partial charge in [0, 0.05) is 29.8 Å². The standard InChI is InChI=1S/C23H16N3O4/c27-22-19-18-15-5-1-2-6-16(15)21(24-12-4-3-7-17(18)24)20(19)23(28)25(22)13-8-10-14(11-9-13)26(29)30/h1-12,18-21H/q+1/t18-,19+,20-,21+/m0/s1. The van der Waals surface area contributed by atoms with Crippen molar-refractivity contribution in [2.24, 2.45) is 11.8 Å². The first kappa shape index (κ1) is 17.0. The number of carbonyl (C=O) groups excluding carboxylic acids is 2. The average molecular weight is 398 g/mol. The third kappa shape index (κ3) is 2.01. The molecule has 4 atom stereocenters. The minimum atomic E-state index is -0.499. The number of nitro benzene ring substituents is 1. The number of nitrogens with zero attached hydrogens (tertiary/aromatic N) is 3. The van der Waals surface area contributed by atoms with Gasteiger partial charge in [0.2, 0.25) is 11.8 Å².